The number of hydrogen-bond acceptors (Lipinski definition) is 4. The first-order chi connectivity index (χ1) is 21.1. The van der Waals surface area contributed by atoms with E-state index in [1.54, 1.807) is 18.4 Å². The van der Waals surface area contributed by atoms with Crippen LogP contribution in [0, 0.1) is 5.82 Å². The van der Waals surface area contributed by atoms with Crippen LogP contribution < -0.4 is 4.31 Å². The zero-order valence-corrected chi connectivity index (χ0v) is 27.3. The number of fused-ring (bicyclic) bond motifs is 3. The van der Waals surface area contributed by atoms with Gasteiger partial charge in [0.05, 0.1) is 33.6 Å². The van der Waals surface area contributed by atoms with Crippen molar-refractivity contribution in [3.05, 3.63) is 111 Å². The summed E-state index contributed by atoms with van der Waals surface area (Å²) in [6.45, 7) is 3.74. The molecule has 0 aromatic heterocycles. The van der Waals surface area contributed by atoms with Gasteiger partial charge in [0.25, 0.3) is 5.91 Å². The molecule has 230 valence electrons. The molecule has 2 aliphatic rings. The molecule has 9 heteroatoms. The van der Waals surface area contributed by atoms with E-state index in [0.717, 1.165) is 66.5 Å². The number of likely N-dealkylation sites (tertiary alicyclic amines) is 1. The van der Waals surface area contributed by atoms with Crippen molar-refractivity contribution in [2.45, 2.75) is 30.6 Å². The Hall–Kier alpha value is -2.81. The van der Waals surface area contributed by atoms with E-state index in [1.165, 1.54) is 6.07 Å². The highest BCUT2D eigenvalue weighted by Crippen LogP contribution is 2.48. The molecule has 2 aliphatic heterocycles. The third-order valence-corrected chi connectivity index (χ3v) is 11.1. The number of anilines is 1. The standard InChI is InChI=1S/C35H36Cl2FN3O2S/c1-39(34(42)29-9-5-7-24-6-3-4-8-28(24)29)22-26(25-10-12-31(36)32(37)20-25)14-17-40-18-15-35(16-19-40)23-41(44(2)43)33-13-11-27(38)21-30(33)35/h3-13,20-21,26H,14-19,22-23H2,1-2H3. The average molecular weight is 653 g/mol. The first kappa shape index (κ1) is 31.2. The highest BCUT2D eigenvalue weighted by atomic mass is 35.5. The summed E-state index contributed by atoms with van der Waals surface area (Å²) < 4.78 is 28.8. The lowest BCUT2D eigenvalue weighted by atomic mass is 9.74. The van der Waals surface area contributed by atoms with E-state index in [1.807, 2.05) is 76.9 Å². The van der Waals surface area contributed by atoms with Crippen molar-refractivity contribution in [2.75, 3.05) is 50.3 Å². The van der Waals surface area contributed by atoms with Gasteiger partial charge in [-0.3, -0.25) is 4.79 Å². The van der Waals surface area contributed by atoms with Gasteiger partial charge >= 0.3 is 0 Å². The highest BCUT2D eigenvalue weighted by molar-refractivity contribution is 7.92. The summed E-state index contributed by atoms with van der Waals surface area (Å²) in [6.07, 6.45) is 4.25. The lowest BCUT2D eigenvalue weighted by Crippen LogP contribution is -2.46. The number of rotatable bonds is 8. The average Bonchev–Trinajstić information content (AvgIpc) is 3.33. The maximum atomic E-state index is 14.3. The van der Waals surface area contributed by atoms with E-state index in [0.29, 0.717) is 28.7 Å². The van der Waals surface area contributed by atoms with Crippen molar-refractivity contribution in [3.63, 3.8) is 0 Å². The number of benzene rings is 4. The molecular weight excluding hydrogens is 616 g/mol. The molecule has 4 aromatic carbocycles. The van der Waals surface area contributed by atoms with Crippen molar-refractivity contribution in [3.8, 4) is 0 Å². The maximum Gasteiger partial charge on any atom is 0.254 e. The van der Waals surface area contributed by atoms with Gasteiger partial charge in [0, 0.05) is 30.5 Å². The Kier molecular flexibility index (Phi) is 9.14. The van der Waals surface area contributed by atoms with Crippen LogP contribution in [0.2, 0.25) is 10.0 Å². The van der Waals surface area contributed by atoms with E-state index in [4.69, 9.17) is 23.2 Å². The SMILES string of the molecule is CN(CC(CCN1CCC2(CC1)CN([S+](C)[O-])c1ccc(F)cc12)c1ccc(Cl)c(Cl)c1)C(=O)c1cccc2ccccc12. The molecule has 2 unspecified atom stereocenters. The van der Waals surface area contributed by atoms with Gasteiger partial charge in [-0.25, -0.2) is 4.39 Å². The molecule has 1 saturated heterocycles. The van der Waals surface area contributed by atoms with Crippen LogP contribution in [0.3, 0.4) is 0 Å². The topological polar surface area (TPSA) is 49.9 Å². The third-order valence-electron chi connectivity index (χ3n) is 9.44. The molecule has 0 N–H and O–H groups in total. The smallest absolute Gasteiger partial charge is 0.254 e. The van der Waals surface area contributed by atoms with E-state index in [2.05, 4.69) is 4.90 Å². The molecule has 5 nitrogen and oxygen atoms in total. The van der Waals surface area contributed by atoms with Crippen molar-refractivity contribution in [1.82, 2.24) is 9.80 Å². The van der Waals surface area contributed by atoms with Gasteiger partial charge in [0.15, 0.2) is 0 Å². The number of carbonyl (C=O) groups excluding carboxylic acids is 1. The molecule has 0 radical (unpaired) electrons. The lowest BCUT2D eigenvalue weighted by Gasteiger charge is -2.40. The molecule has 2 atom stereocenters. The second-order valence-corrected chi connectivity index (χ2v) is 14.2. The van der Waals surface area contributed by atoms with Crippen LogP contribution in [0.25, 0.3) is 10.8 Å². The van der Waals surface area contributed by atoms with Gasteiger partial charge in [-0.1, -0.05) is 65.7 Å². The van der Waals surface area contributed by atoms with Crippen molar-refractivity contribution >= 4 is 56.9 Å². The summed E-state index contributed by atoms with van der Waals surface area (Å²) in [7, 11) is 1.86. The summed E-state index contributed by atoms with van der Waals surface area (Å²) in [5.74, 6) is -0.221. The summed E-state index contributed by atoms with van der Waals surface area (Å²) in [5, 5.41) is 2.99. The zero-order valence-electron chi connectivity index (χ0n) is 24.9. The Bertz CT molecular complexity index is 1670. The van der Waals surface area contributed by atoms with E-state index >= 15 is 0 Å². The van der Waals surface area contributed by atoms with Crippen molar-refractivity contribution in [1.29, 1.82) is 0 Å². The largest absolute Gasteiger partial charge is 0.593 e. The monoisotopic (exact) mass is 651 g/mol. The van der Waals surface area contributed by atoms with E-state index in [9.17, 15) is 13.7 Å². The second-order valence-electron chi connectivity index (χ2n) is 12.1. The van der Waals surface area contributed by atoms with Crippen LogP contribution >= 0.6 is 23.2 Å². The Morgan fingerprint density at radius 1 is 1.02 bits per heavy atom. The van der Waals surface area contributed by atoms with Crippen LogP contribution in [0.4, 0.5) is 10.1 Å². The summed E-state index contributed by atoms with van der Waals surface area (Å²) in [6, 6.07) is 24.4. The number of carbonyl (C=O) groups is 1. The van der Waals surface area contributed by atoms with Crippen LogP contribution in [0.15, 0.2) is 78.9 Å². The lowest BCUT2D eigenvalue weighted by molar-refractivity contribution is 0.0782. The van der Waals surface area contributed by atoms with Gasteiger partial charge in [-0.15, -0.1) is 0 Å². The van der Waals surface area contributed by atoms with Crippen LogP contribution in [-0.2, 0) is 16.8 Å². The third kappa shape index (κ3) is 6.18. The molecule has 0 saturated carbocycles. The fourth-order valence-electron chi connectivity index (χ4n) is 6.96. The second kappa shape index (κ2) is 12.9. The molecule has 1 amide bonds. The first-order valence-electron chi connectivity index (χ1n) is 15.0. The van der Waals surface area contributed by atoms with Gasteiger partial charge in [0.2, 0.25) is 0 Å². The minimum absolute atomic E-state index is 0.0169. The normalized spacial score (nSPS) is 17.5. The number of likely N-dealkylation sites (N-methyl/N-ethyl adjacent to an activating group) is 1. The predicted octanol–water partition coefficient (Wildman–Crippen LogP) is 7.68. The molecule has 4 aromatic rings. The molecule has 6 rings (SSSR count). The number of piperidine rings is 1. The fourth-order valence-corrected chi connectivity index (χ4v) is 8.13. The predicted molar refractivity (Wildman–Crippen MR) is 180 cm³/mol. The van der Waals surface area contributed by atoms with Crippen LogP contribution in [-0.4, -0.2) is 66.3 Å². The van der Waals surface area contributed by atoms with Gasteiger partial charge in [-0.2, -0.15) is 4.31 Å². The Morgan fingerprint density at radius 3 is 2.52 bits per heavy atom. The molecule has 0 aliphatic carbocycles. The number of amides is 1. The Labute approximate surface area is 271 Å². The van der Waals surface area contributed by atoms with Gasteiger partial charge in [0.1, 0.15) is 12.1 Å². The quantitative estimate of drug-likeness (QED) is 0.183. The molecule has 1 fully saturated rings. The van der Waals surface area contributed by atoms with Gasteiger partial charge in [-0.05, 0) is 97.2 Å². The first-order valence-corrected chi connectivity index (χ1v) is 17.2. The van der Waals surface area contributed by atoms with Gasteiger partial charge < -0.3 is 14.4 Å². The highest BCUT2D eigenvalue weighted by Gasteiger charge is 2.47. The molecule has 1 spiro atoms. The van der Waals surface area contributed by atoms with Crippen LogP contribution in [0.1, 0.15) is 46.7 Å². The zero-order chi connectivity index (χ0) is 31.0. The Morgan fingerprint density at radius 2 is 1.77 bits per heavy atom. The summed E-state index contributed by atoms with van der Waals surface area (Å²) in [4.78, 5) is 18.0. The summed E-state index contributed by atoms with van der Waals surface area (Å²) in [5.41, 5.74) is 3.41. The fraction of sp³-hybridized carbons (Fsp3) is 0.343. The number of nitrogens with zero attached hydrogens (tertiary/aromatic N) is 3. The number of halogens is 3. The maximum absolute atomic E-state index is 14.3. The molecule has 2 heterocycles. The minimum atomic E-state index is -1.17. The van der Waals surface area contributed by atoms with Crippen molar-refractivity contribution < 1.29 is 13.7 Å². The number of hydrogen-bond donors (Lipinski definition) is 0. The molecule has 0 bridgehead atoms. The molecule has 44 heavy (non-hydrogen) atoms. The van der Waals surface area contributed by atoms with E-state index in [-0.39, 0.29) is 23.1 Å². The van der Waals surface area contributed by atoms with Crippen molar-refractivity contribution in [2.24, 2.45) is 0 Å². The molecular formula is C35H36Cl2FN3O2S. The Balaban J connectivity index is 1.17. The van der Waals surface area contributed by atoms with E-state index < -0.39 is 11.4 Å². The summed E-state index contributed by atoms with van der Waals surface area (Å²) >= 11 is 11.5. The minimum Gasteiger partial charge on any atom is -0.593 e. The van der Waals surface area contributed by atoms with Crippen LogP contribution in [0.5, 0.6) is 0 Å².